The summed E-state index contributed by atoms with van der Waals surface area (Å²) in [7, 11) is 0. The third kappa shape index (κ3) is 5.32. The average Bonchev–Trinajstić information content (AvgIpc) is 3.19. The van der Waals surface area contributed by atoms with Crippen LogP contribution in [0.5, 0.6) is 0 Å². The summed E-state index contributed by atoms with van der Waals surface area (Å²) in [6, 6.07) is 10.5. The lowest BCUT2D eigenvalue weighted by Gasteiger charge is -2.34. The highest BCUT2D eigenvalue weighted by molar-refractivity contribution is 7.21. The lowest BCUT2D eigenvalue weighted by atomic mass is 10.0. The molecule has 0 unspecified atom stereocenters. The van der Waals surface area contributed by atoms with Crippen molar-refractivity contribution in [2.45, 2.75) is 26.7 Å². The molecule has 0 spiro atoms. The van der Waals surface area contributed by atoms with Gasteiger partial charge in [0.1, 0.15) is 4.88 Å². The predicted molar refractivity (Wildman–Crippen MR) is 140 cm³/mol. The number of halogens is 1. The van der Waals surface area contributed by atoms with E-state index in [9.17, 15) is 19.7 Å². The summed E-state index contributed by atoms with van der Waals surface area (Å²) in [4.78, 5) is 40.7. The lowest BCUT2D eigenvalue weighted by Crippen LogP contribution is -2.50. The van der Waals surface area contributed by atoms with Crippen LogP contribution in [0.1, 0.15) is 34.6 Å². The number of thiophene rings is 1. The Balaban J connectivity index is 1.38. The molecule has 184 valence electrons. The minimum atomic E-state index is -0.464. The molecule has 0 atom stereocenters. The van der Waals surface area contributed by atoms with Gasteiger partial charge in [-0.3, -0.25) is 24.6 Å². The van der Waals surface area contributed by atoms with Crippen LogP contribution < -0.4 is 5.32 Å². The molecule has 1 aliphatic heterocycles. The SMILES string of the molecule is CCc1cccc(CC)c1NC(=O)CN1CCN(C(=O)c2sc3cc([N+](=O)[O-])ccc3c2Cl)CC1. The van der Waals surface area contributed by atoms with Crippen molar-refractivity contribution in [3.8, 4) is 0 Å². The van der Waals surface area contributed by atoms with Crippen LogP contribution >= 0.6 is 22.9 Å². The fraction of sp³-hybridized carbons (Fsp3) is 0.360. The van der Waals surface area contributed by atoms with Gasteiger partial charge in [0, 0.05) is 54.1 Å². The number of nitrogens with one attached hydrogen (secondary N) is 1. The highest BCUT2D eigenvalue weighted by Crippen LogP contribution is 2.38. The predicted octanol–water partition coefficient (Wildman–Crippen LogP) is 4.98. The molecule has 1 fully saturated rings. The van der Waals surface area contributed by atoms with Crippen LogP contribution in [0.3, 0.4) is 0 Å². The van der Waals surface area contributed by atoms with Crippen LogP contribution in [0.4, 0.5) is 11.4 Å². The largest absolute Gasteiger partial charge is 0.335 e. The standard InChI is InChI=1S/C25H27ClN4O4S/c1-3-16-6-5-7-17(4-2)23(16)27-21(31)15-28-10-12-29(13-11-28)25(32)24-22(26)19-9-8-18(30(33)34)14-20(19)35-24/h5-9,14H,3-4,10-13,15H2,1-2H3,(H,27,31). The number of nitro benzene ring substituents is 1. The minimum Gasteiger partial charge on any atom is -0.335 e. The van der Waals surface area contributed by atoms with Gasteiger partial charge in [-0.15, -0.1) is 11.3 Å². The molecule has 35 heavy (non-hydrogen) atoms. The zero-order valence-corrected chi connectivity index (χ0v) is 21.2. The highest BCUT2D eigenvalue weighted by Gasteiger charge is 2.27. The molecule has 0 aliphatic carbocycles. The van der Waals surface area contributed by atoms with E-state index in [2.05, 4.69) is 19.2 Å². The van der Waals surface area contributed by atoms with E-state index in [1.807, 2.05) is 23.1 Å². The first kappa shape index (κ1) is 25.1. The molecule has 0 bridgehead atoms. The molecule has 1 aliphatic rings. The number of rotatable bonds is 7. The van der Waals surface area contributed by atoms with E-state index < -0.39 is 4.92 Å². The van der Waals surface area contributed by atoms with E-state index in [1.54, 1.807) is 11.0 Å². The number of nitro groups is 1. The number of non-ortho nitro benzene ring substituents is 1. The van der Waals surface area contributed by atoms with Gasteiger partial charge >= 0.3 is 0 Å². The normalized spacial score (nSPS) is 14.3. The zero-order valence-electron chi connectivity index (χ0n) is 19.7. The molecule has 3 aromatic rings. The average molecular weight is 515 g/mol. The topological polar surface area (TPSA) is 95.8 Å². The van der Waals surface area contributed by atoms with Gasteiger partial charge in [-0.1, -0.05) is 43.6 Å². The number of benzene rings is 2. The molecule has 1 saturated heterocycles. The number of para-hydroxylation sites is 1. The van der Waals surface area contributed by atoms with Crippen molar-refractivity contribution in [3.05, 3.63) is 67.5 Å². The van der Waals surface area contributed by atoms with Gasteiger partial charge in [-0.05, 0) is 30.0 Å². The molecule has 4 rings (SSSR count). The summed E-state index contributed by atoms with van der Waals surface area (Å²) in [6.07, 6.45) is 1.69. The molecule has 2 aromatic carbocycles. The van der Waals surface area contributed by atoms with Crippen LogP contribution in [0.25, 0.3) is 10.1 Å². The quantitative estimate of drug-likeness (QED) is 0.354. The van der Waals surface area contributed by atoms with Crippen LogP contribution in [0.2, 0.25) is 5.02 Å². The molecule has 1 aromatic heterocycles. The van der Waals surface area contributed by atoms with Crippen LogP contribution in [-0.2, 0) is 17.6 Å². The van der Waals surface area contributed by atoms with E-state index in [4.69, 9.17) is 11.6 Å². The maximum Gasteiger partial charge on any atom is 0.270 e. The number of aryl methyl sites for hydroxylation is 2. The fourth-order valence-corrected chi connectivity index (χ4v) is 5.86. The van der Waals surface area contributed by atoms with Gasteiger partial charge in [0.2, 0.25) is 5.91 Å². The van der Waals surface area contributed by atoms with Gasteiger partial charge in [0.25, 0.3) is 11.6 Å². The Bertz CT molecular complexity index is 1260. The zero-order chi connectivity index (χ0) is 25.1. The fourth-order valence-electron chi connectivity index (χ4n) is 4.34. The van der Waals surface area contributed by atoms with Crippen molar-refractivity contribution in [1.29, 1.82) is 0 Å². The van der Waals surface area contributed by atoms with Crippen molar-refractivity contribution in [1.82, 2.24) is 9.80 Å². The molecule has 0 radical (unpaired) electrons. The van der Waals surface area contributed by atoms with Gasteiger partial charge in [0.15, 0.2) is 0 Å². The maximum atomic E-state index is 13.1. The summed E-state index contributed by atoms with van der Waals surface area (Å²) in [5.74, 6) is -0.248. The second-order valence-electron chi connectivity index (χ2n) is 8.46. The van der Waals surface area contributed by atoms with Crippen LogP contribution in [0.15, 0.2) is 36.4 Å². The smallest absolute Gasteiger partial charge is 0.270 e. The van der Waals surface area contributed by atoms with Gasteiger partial charge in [-0.25, -0.2) is 0 Å². The first-order valence-corrected chi connectivity index (χ1v) is 12.8. The lowest BCUT2D eigenvalue weighted by molar-refractivity contribution is -0.384. The van der Waals surface area contributed by atoms with E-state index in [1.165, 1.54) is 23.5 Å². The number of carbonyl (C=O) groups excluding carboxylic acids is 2. The Morgan fingerprint density at radius 3 is 2.34 bits per heavy atom. The number of piperazine rings is 1. The molecule has 2 amide bonds. The van der Waals surface area contributed by atoms with E-state index in [0.29, 0.717) is 46.2 Å². The number of anilines is 1. The maximum absolute atomic E-state index is 13.1. The van der Waals surface area contributed by atoms with Crippen molar-refractivity contribution >= 4 is 56.2 Å². The Labute approximate surface area is 212 Å². The Hall–Kier alpha value is -3.01. The Morgan fingerprint density at radius 2 is 1.74 bits per heavy atom. The summed E-state index contributed by atoms with van der Waals surface area (Å²) < 4.78 is 0.613. The first-order chi connectivity index (χ1) is 16.8. The summed E-state index contributed by atoms with van der Waals surface area (Å²) in [6.45, 7) is 6.50. The number of amides is 2. The second kappa shape index (κ2) is 10.7. The first-order valence-electron chi connectivity index (χ1n) is 11.6. The van der Waals surface area contributed by atoms with Crippen molar-refractivity contribution in [2.24, 2.45) is 0 Å². The van der Waals surface area contributed by atoms with Gasteiger partial charge < -0.3 is 10.2 Å². The minimum absolute atomic E-state index is 0.0334. The van der Waals surface area contributed by atoms with Gasteiger partial charge in [0.05, 0.1) is 16.5 Å². The number of carbonyl (C=O) groups is 2. The second-order valence-corrected chi connectivity index (χ2v) is 9.89. The van der Waals surface area contributed by atoms with E-state index in [-0.39, 0.29) is 24.0 Å². The summed E-state index contributed by atoms with van der Waals surface area (Å²) >= 11 is 7.63. The molecule has 1 N–H and O–H groups in total. The molecule has 8 nitrogen and oxygen atoms in total. The van der Waals surface area contributed by atoms with Crippen molar-refractivity contribution in [3.63, 3.8) is 0 Å². The Kier molecular flexibility index (Phi) is 7.69. The monoisotopic (exact) mass is 514 g/mol. The van der Waals surface area contributed by atoms with E-state index >= 15 is 0 Å². The number of hydrogen-bond acceptors (Lipinski definition) is 6. The van der Waals surface area contributed by atoms with Crippen LogP contribution in [0, 0.1) is 10.1 Å². The highest BCUT2D eigenvalue weighted by atomic mass is 35.5. The molecule has 0 saturated carbocycles. The third-order valence-electron chi connectivity index (χ3n) is 6.31. The number of fused-ring (bicyclic) bond motifs is 1. The molecular formula is C25H27ClN4O4S. The van der Waals surface area contributed by atoms with Gasteiger partial charge in [-0.2, -0.15) is 0 Å². The van der Waals surface area contributed by atoms with E-state index in [0.717, 1.165) is 29.7 Å². The molecule has 2 heterocycles. The molecule has 10 heteroatoms. The van der Waals surface area contributed by atoms with Crippen LogP contribution in [-0.4, -0.2) is 59.3 Å². The number of hydrogen-bond donors (Lipinski definition) is 1. The summed E-state index contributed by atoms with van der Waals surface area (Å²) in [5.41, 5.74) is 3.13. The number of nitrogens with zero attached hydrogens (tertiary/aromatic N) is 3. The van der Waals surface area contributed by atoms with Crippen molar-refractivity contribution in [2.75, 3.05) is 38.0 Å². The summed E-state index contributed by atoms with van der Waals surface area (Å²) in [5, 5.41) is 15.1. The Morgan fingerprint density at radius 1 is 1.09 bits per heavy atom. The van der Waals surface area contributed by atoms with Crippen molar-refractivity contribution < 1.29 is 14.5 Å². The third-order valence-corrected chi connectivity index (χ3v) is 7.95. The molecular weight excluding hydrogens is 488 g/mol.